The van der Waals surface area contributed by atoms with Crippen LogP contribution in [0.5, 0.6) is 11.5 Å². The summed E-state index contributed by atoms with van der Waals surface area (Å²) in [7, 11) is 3.16. The molecule has 1 fully saturated rings. The van der Waals surface area contributed by atoms with E-state index in [1.165, 1.54) is 0 Å². The standard InChI is InChI=1S/C15H18N2O3/c1-10-6-12(7-10)15(18)17-16-9-11-4-5-13(19-2)14(8-11)20-3/h4-5,8-9,12H,1,6-7H2,2-3H3,(H,17,18). The first-order valence-electron chi connectivity index (χ1n) is 6.35. The number of methoxy groups -OCH3 is 2. The summed E-state index contributed by atoms with van der Waals surface area (Å²) in [6.45, 7) is 3.81. The predicted octanol–water partition coefficient (Wildman–Crippen LogP) is 2.12. The summed E-state index contributed by atoms with van der Waals surface area (Å²) in [5.74, 6) is 1.24. The molecule has 1 aliphatic rings. The molecule has 1 saturated carbocycles. The minimum atomic E-state index is -0.0610. The summed E-state index contributed by atoms with van der Waals surface area (Å²) < 4.78 is 10.3. The molecule has 1 N–H and O–H groups in total. The van der Waals surface area contributed by atoms with Gasteiger partial charge in [0, 0.05) is 5.92 Å². The Morgan fingerprint density at radius 3 is 2.65 bits per heavy atom. The fourth-order valence-corrected chi connectivity index (χ4v) is 2.02. The third kappa shape index (κ3) is 3.17. The number of benzene rings is 1. The number of hydrazone groups is 1. The van der Waals surface area contributed by atoms with Gasteiger partial charge in [-0.1, -0.05) is 12.2 Å². The van der Waals surface area contributed by atoms with Crippen LogP contribution in [-0.4, -0.2) is 26.3 Å². The highest BCUT2D eigenvalue weighted by atomic mass is 16.5. The molecule has 0 bridgehead atoms. The number of carbonyl (C=O) groups excluding carboxylic acids is 1. The third-order valence-corrected chi connectivity index (χ3v) is 3.24. The number of amides is 1. The lowest BCUT2D eigenvalue weighted by molar-refractivity contribution is -0.126. The molecule has 0 saturated heterocycles. The highest BCUT2D eigenvalue weighted by Crippen LogP contribution is 2.31. The van der Waals surface area contributed by atoms with Crippen LogP contribution >= 0.6 is 0 Å². The van der Waals surface area contributed by atoms with E-state index in [4.69, 9.17) is 9.47 Å². The fourth-order valence-electron chi connectivity index (χ4n) is 2.02. The topological polar surface area (TPSA) is 59.9 Å². The molecule has 5 heteroatoms. The van der Waals surface area contributed by atoms with E-state index >= 15 is 0 Å². The molecule has 1 aromatic rings. The minimum Gasteiger partial charge on any atom is -0.493 e. The molecule has 0 unspecified atom stereocenters. The van der Waals surface area contributed by atoms with Gasteiger partial charge in [-0.25, -0.2) is 5.43 Å². The van der Waals surface area contributed by atoms with E-state index in [1.54, 1.807) is 32.6 Å². The van der Waals surface area contributed by atoms with Crippen molar-refractivity contribution in [2.75, 3.05) is 14.2 Å². The number of ether oxygens (including phenoxy) is 2. The second-order valence-electron chi connectivity index (χ2n) is 4.70. The largest absolute Gasteiger partial charge is 0.493 e. The van der Waals surface area contributed by atoms with Crippen LogP contribution in [0.15, 0.2) is 35.5 Å². The van der Waals surface area contributed by atoms with Gasteiger partial charge in [-0.3, -0.25) is 4.79 Å². The Morgan fingerprint density at radius 1 is 1.35 bits per heavy atom. The molecule has 1 aliphatic carbocycles. The van der Waals surface area contributed by atoms with E-state index in [0.717, 1.165) is 24.0 Å². The van der Waals surface area contributed by atoms with E-state index in [9.17, 15) is 4.79 Å². The maximum Gasteiger partial charge on any atom is 0.243 e. The van der Waals surface area contributed by atoms with Crippen LogP contribution in [0.2, 0.25) is 0 Å². The van der Waals surface area contributed by atoms with Crippen molar-refractivity contribution in [1.82, 2.24) is 5.43 Å². The lowest BCUT2D eigenvalue weighted by Crippen LogP contribution is -2.32. The van der Waals surface area contributed by atoms with E-state index in [-0.39, 0.29) is 11.8 Å². The van der Waals surface area contributed by atoms with Gasteiger partial charge in [0.1, 0.15) is 0 Å². The van der Waals surface area contributed by atoms with Gasteiger partial charge >= 0.3 is 0 Å². The Labute approximate surface area is 118 Å². The SMILES string of the molecule is C=C1CC(C(=O)NN=Cc2ccc(OC)c(OC)c2)C1. The Kier molecular flexibility index (Phi) is 4.40. The number of allylic oxidation sites excluding steroid dienone is 1. The van der Waals surface area contributed by atoms with Crippen molar-refractivity contribution in [2.45, 2.75) is 12.8 Å². The first kappa shape index (κ1) is 14.1. The molecule has 0 radical (unpaired) electrons. The molecule has 106 valence electrons. The molecular formula is C15H18N2O3. The monoisotopic (exact) mass is 274 g/mol. The molecule has 0 spiro atoms. The van der Waals surface area contributed by atoms with Gasteiger partial charge in [-0.05, 0) is 36.6 Å². The van der Waals surface area contributed by atoms with Crippen LogP contribution in [0.4, 0.5) is 0 Å². The lowest BCUT2D eigenvalue weighted by Gasteiger charge is -2.25. The fraction of sp³-hybridized carbons (Fsp3) is 0.333. The maximum absolute atomic E-state index is 11.7. The lowest BCUT2D eigenvalue weighted by atomic mass is 9.81. The zero-order chi connectivity index (χ0) is 14.5. The van der Waals surface area contributed by atoms with Crippen molar-refractivity contribution >= 4 is 12.1 Å². The molecule has 1 aromatic carbocycles. The zero-order valence-corrected chi connectivity index (χ0v) is 11.7. The van der Waals surface area contributed by atoms with Crippen LogP contribution in [0.1, 0.15) is 18.4 Å². The van der Waals surface area contributed by atoms with Crippen molar-refractivity contribution in [3.63, 3.8) is 0 Å². The summed E-state index contributed by atoms with van der Waals surface area (Å²) in [6, 6.07) is 5.42. The van der Waals surface area contributed by atoms with E-state index < -0.39 is 0 Å². The molecule has 0 aliphatic heterocycles. The molecule has 0 aromatic heterocycles. The van der Waals surface area contributed by atoms with Gasteiger partial charge in [0.05, 0.1) is 20.4 Å². The molecule has 0 heterocycles. The zero-order valence-electron chi connectivity index (χ0n) is 11.7. The highest BCUT2D eigenvalue weighted by molar-refractivity contribution is 5.84. The first-order valence-corrected chi connectivity index (χ1v) is 6.35. The smallest absolute Gasteiger partial charge is 0.243 e. The third-order valence-electron chi connectivity index (χ3n) is 3.24. The number of nitrogens with one attached hydrogen (secondary N) is 1. The summed E-state index contributed by atoms with van der Waals surface area (Å²) >= 11 is 0. The number of nitrogens with zero attached hydrogens (tertiary/aromatic N) is 1. The average Bonchev–Trinajstić information content (AvgIpc) is 2.43. The van der Waals surface area contributed by atoms with Crippen LogP contribution in [-0.2, 0) is 4.79 Å². The van der Waals surface area contributed by atoms with Gasteiger partial charge in [-0.2, -0.15) is 5.10 Å². The van der Waals surface area contributed by atoms with Gasteiger partial charge in [0.2, 0.25) is 5.91 Å². The highest BCUT2D eigenvalue weighted by Gasteiger charge is 2.27. The normalized spacial score (nSPS) is 15.0. The molecule has 0 atom stereocenters. The maximum atomic E-state index is 11.7. The van der Waals surface area contributed by atoms with Crippen LogP contribution in [0.25, 0.3) is 0 Å². The second kappa shape index (κ2) is 6.23. The second-order valence-corrected chi connectivity index (χ2v) is 4.70. The Hall–Kier alpha value is -2.30. The summed E-state index contributed by atoms with van der Waals surface area (Å²) in [4.78, 5) is 11.7. The first-order chi connectivity index (χ1) is 9.63. The number of hydrogen-bond donors (Lipinski definition) is 1. The number of hydrogen-bond acceptors (Lipinski definition) is 4. The van der Waals surface area contributed by atoms with Crippen molar-refractivity contribution in [3.05, 3.63) is 35.9 Å². The van der Waals surface area contributed by atoms with E-state index in [1.807, 2.05) is 6.07 Å². The van der Waals surface area contributed by atoms with Crippen LogP contribution in [0.3, 0.4) is 0 Å². The molecule has 2 rings (SSSR count). The Balaban J connectivity index is 1.94. The van der Waals surface area contributed by atoms with E-state index in [2.05, 4.69) is 17.1 Å². The number of rotatable bonds is 5. The Morgan fingerprint density at radius 2 is 2.05 bits per heavy atom. The van der Waals surface area contributed by atoms with Gasteiger partial charge in [0.15, 0.2) is 11.5 Å². The molecule has 1 amide bonds. The minimum absolute atomic E-state index is 0.0186. The van der Waals surface area contributed by atoms with Crippen molar-refractivity contribution in [1.29, 1.82) is 0 Å². The molecular weight excluding hydrogens is 256 g/mol. The molecule has 20 heavy (non-hydrogen) atoms. The molecule has 5 nitrogen and oxygen atoms in total. The van der Waals surface area contributed by atoms with Crippen LogP contribution < -0.4 is 14.9 Å². The van der Waals surface area contributed by atoms with E-state index in [0.29, 0.717) is 11.5 Å². The summed E-state index contributed by atoms with van der Waals surface area (Å²) in [6.07, 6.45) is 3.10. The van der Waals surface area contributed by atoms with Crippen molar-refractivity contribution in [3.8, 4) is 11.5 Å². The van der Waals surface area contributed by atoms with Crippen molar-refractivity contribution < 1.29 is 14.3 Å². The Bertz CT molecular complexity index is 544. The van der Waals surface area contributed by atoms with Gasteiger partial charge < -0.3 is 9.47 Å². The average molecular weight is 274 g/mol. The van der Waals surface area contributed by atoms with Gasteiger partial charge in [-0.15, -0.1) is 0 Å². The van der Waals surface area contributed by atoms with Crippen LogP contribution in [0, 0.1) is 5.92 Å². The summed E-state index contributed by atoms with van der Waals surface area (Å²) in [5.41, 5.74) is 4.48. The quantitative estimate of drug-likeness (QED) is 0.508. The van der Waals surface area contributed by atoms with Crippen molar-refractivity contribution in [2.24, 2.45) is 11.0 Å². The summed E-state index contributed by atoms with van der Waals surface area (Å²) in [5, 5.41) is 3.95. The predicted molar refractivity (Wildman–Crippen MR) is 77.1 cm³/mol. The van der Waals surface area contributed by atoms with Gasteiger partial charge in [0.25, 0.3) is 0 Å². The number of carbonyl (C=O) groups is 1.